The molecule has 0 saturated carbocycles. The summed E-state index contributed by atoms with van der Waals surface area (Å²) in [6, 6.07) is 7.37. The van der Waals surface area contributed by atoms with E-state index in [-0.39, 0.29) is 10.8 Å². The van der Waals surface area contributed by atoms with Crippen molar-refractivity contribution in [2.24, 2.45) is 0 Å². The number of hydrogen-bond donors (Lipinski definition) is 0. The number of rotatable bonds is 2. The van der Waals surface area contributed by atoms with Gasteiger partial charge in [0.25, 0.3) is 0 Å². The smallest absolute Gasteiger partial charge is 0.125 e. The van der Waals surface area contributed by atoms with E-state index in [0.717, 1.165) is 12.1 Å². The molecular formula is C10H6O6S2-2. The molecule has 2 aromatic carbocycles. The lowest BCUT2D eigenvalue weighted by Gasteiger charge is -2.15. The van der Waals surface area contributed by atoms with Crippen LogP contribution in [-0.2, 0) is 20.2 Å². The van der Waals surface area contributed by atoms with Gasteiger partial charge in [0.05, 0.1) is 9.79 Å². The van der Waals surface area contributed by atoms with Crippen molar-refractivity contribution in [3.63, 3.8) is 0 Å². The fraction of sp³-hybridized carbons (Fsp3) is 0. The first-order valence-corrected chi connectivity index (χ1v) is 7.46. The first-order valence-electron chi connectivity index (χ1n) is 4.65. The Kier molecular flexibility index (Phi) is 2.90. The minimum absolute atomic E-state index is 0.198. The zero-order valence-corrected chi connectivity index (χ0v) is 10.4. The first kappa shape index (κ1) is 13.0. The summed E-state index contributed by atoms with van der Waals surface area (Å²) in [7, 11) is -9.73. The fourth-order valence-corrected chi connectivity index (χ4v) is 3.20. The molecule has 0 aromatic heterocycles. The topological polar surface area (TPSA) is 114 Å². The zero-order chi connectivity index (χ0) is 13.6. The third kappa shape index (κ3) is 2.23. The standard InChI is InChI=1S/C10H8O6S2/c11-17(12,13)8-5-1-3-7-4-2-6-9(10(7)8)18(14,15)16/h1-6H,(H,11,12,13)(H,14,15,16)/p-2. The molecule has 0 bridgehead atoms. The Hall–Kier alpha value is -1.48. The molecule has 0 aliphatic rings. The molecule has 0 saturated heterocycles. The van der Waals surface area contributed by atoms with Crippen LogP contribution in [0, 0.1) is 0 Å². The molecule has 2 aromatic rings. The van der Waals surface area contributed by atoms with Gasteiger partial charge in [0.1, 0.15) is 20.2 Å². The Morgan fingerprint density at radius 1 is 0.722 bits per heavy atom. The molecule has 96 valence electrons. The molecule has 6 nitrogen and oxygen atoms in total. The van der Waals surface area contributed by atoms with Gasteiger partial charge in [0.15, 0.2) is 0 Å². The van der Waals surface area contributed by atoms with E-state index in [1.165, 1.54) is 24.3 Å². The molecule has 18 heavy (non-hydrogen) atoms. The summed E-state index contributed by atoms with van der Waals surface area (Å²) < 4.78 is 66.4. The maximum absolute atomic E-state index is 11.1. The summed E-state index contributed by atoms with van der Waals surface area (Å²) in [6.45, 7) is 0. The average molecular weight is 286 g/mol. The highest BCUT2D eigenvalue weighted by molar-refractivity contribution is 7.87. The Labute approximate surface area is 103 Å². The molecule has 0 unspecified atom stereocenters. The van der Waals surface area contributed by atoms with Crippen LogP contribution in [0.5, 0.6) is 0 Å². The van der Waals surface area contributed by atoms with E-state index in [1.807, 2.05) is 0 Å². The Balaban J connectivity index is 3.09. The summed E-state index contributed by atoms with van der Waals surface area (Å²) in [6.07, 6.45) is 0. The highest BCUT2D eigenvalue weighted by Crippen LogP contribution is 2.29. The predicted molar refractivity (Wildman–Crippen MR) is 59.9 cm³/mol. The van der Waals surface area contributed by atoms with Gasteiger partial charge in [-0.15, -0.1) is 0 Å². The van der Waals surface area contributed by atoms with Crippen molar-refractivity contribution in [2.75, 3.05) is 0 Å². The third-order valence-corrected chi connectivity index (χ3v) is 4.12. The minimum atomic E-state index is -4.87. The monoisotopic (exact) mass is 286 g/mol. The summed E-state index contributed by atoms with van der Waals surface area (Å²) >= 11 is 0. The van der Waals surface area contributed by atoms with Crippen LogP contribution in [-0.4, -0.2) is 25.9 Å². The van der Waals surface area contributed by atoms with Crippen molar-refractivity contribution in [3.8, 4) is 0 Å². The van der Waals surface area contributed by atoms with Crippen LogP contribution >= 0.6 is 0 Å². The van der Waals surface area contributed by atoms with Crippen molar-refractivity contribution < 1.29 is 25.9 Å². The molecule has 0 heterocycles. The Bertz CT molecular complexity index is 754. The molecule has 8 heteroatoms. The predicted octanol–water partition coefficient (Wildman–Crippen LogP) is 0.648. The van der Waals surface area contributed by atoms with Gasteiger partial charge in [0.2, 0.25) is 0 Å². The van der Waals surface area contributed by atoms with E-state index in [4.69, 9.17) is 0 Å². The van der Waals surface area contributed by atoms with E-state index in [1.54, 1.807) is 0 Å². The van der Waals surface area contributed by atoms with Gasteiger partial charge in [-0.05, 0) is 17.5 Å². The first-order chi connectivity index (χ1) is 8.21. The van der Waals surface area contributed by atoms with E-state index in [0.29, 0.717) is 0 Å². The summed E-state index contributed by atoms with van der Waals surface area (Å²) in [5, 5.41) is -0.158. The van der Waals surface area contributed by atoms with Gasteiger partial charge in [-0.25, -0.2) is 16.8 Å². The van der Waals surface area contributed by atoms with Gasteiger partial charge in [-0.3, -0.25) is 0 Å². The lowest BCUT2D eigenvalue weighted by Crippen LogP contribution is -2.05. The number of fused-ring (bicyclic) bond motifs is 1. The lowest BCUT2D eigenvalue weighted by molar-refractivity contribution is 0.463. The molecule has 0 atom stereocenters. The summed E-state index contributed by atoms with van der Waals surface area (Å²) in [4.78, 5) is -1.43. The lowest BCUT2D eigenvalue weighted by atomic mass is 10.1. The average Bonchev–Trinajstić information content (AvgIpc) is 2.24. The van der Waals surface area contributed by atoms with E-state index < -0.39 is 30.0 Å². The third-order valence-electron chi connectivity index (χ3n) is 2.37. The van der Waals surface area contributed by atoms with Crippen molar-refractivity contribution in [1.82, 2.24) is 0 Å². The number of hydrogen-bond acceptors (Lipinski definition) is 6. The second-order valence-corrected chi connectivity index (χ2v) is 6.21. The van der Waals surface area contributed by atoms with Gasteiger partial charge in [-0.2, -0.15) is 0 Å². The van der Waals surface area contributed by atoms with E-state index in [9.17, 15) is 25.9 Å². The highest BCUT2D eigenvalue weighted by Gasteiger charge is 2.14. The largest absolute Gasteiger partial charge is 0.744 e. The maximum Gasteiger partial charge on any atom is 0.125 e. The quantitative estimate of drug-likeness (QED) is 0.748. The Morgan fingerprint density at radius 3 is 1.44 bits per heavy atom. The van der Waals surface area contributed by atoms with Crippen LogP contribution in [0.3, 0.4) is 0 Å². The SMILES string of the molecule is O=S(=O)([O-])c1cccc2cccc(S(=O)(=O)[O-])c12. The van der Waals surface area contributed by atoms with Crippen molar-refractivity contribution in [1.29, 1.82) is 0 Å². The van der Waals surface area contributed by atoms with Crippen LogP contribution in [0.15, 0.2) is 46.2 Å². The highest BCUT2D eigenvalue weighted by atomic mass is 32.2. The fourth-order valence-electron chi connectivity index (χ4n) is 1.69. The van der Waals surface area contributed by atoms with Gasteiger partial charge in [0, 0.05) is 5.39 Å². The number of benzene rings is 2. The molecular weight excluding hydrogens is 280 g/mol. The van der Waals surface area contributed by atoms with Crippen LogP contribution in [0.4, 0.5) is 0 Å². The van der Waals surface area contributed by atoms with Crippen molar-refractivity contribution in [3.05, 3.63) is 36.4 Å². The van der Waals surface area contributed by atoms with Crippen LogP contribution < -0.4 is 0 Å². The Morgan fingerprint density at radius 2 is 1.11 bits per heavy atom. The van der Waals surface area contributed by atoms with Crippen LogP contribution in [0.2, 0.25) is 0 Å². The van der Waals surface area contributed by atoms with Gasteiger partial charge in [-0.1, -0.05) is 24.3 Å². The summed E-state index contributed by atoms with van der Waals surface area (Å²) in [5.41, 5.74) is 0. The molecule has 0 aliphatic carbocycles. The zero-order valence-electron chi connectivity index (χ0n) is 8.73. The van der Waals surface area contributed by atoms with E-state index in [2.05, 4.69) is 0 Å². The molecule has 0 amide bonds. The van der Waals surface area contributed by atoms with Crippen molar-refractivity contribution in [2.45, 2.75) is 9.79 Å². The normalized spacial score (nSPS) is 12.8. The van der Waals surface area contributed by atoms with Crippen molar-refractivity contribution >= 4 is 31.0 Å². The van der Waals surface area contributed by atoms with Crippen LogP contribution in [0.25, 0.3) is 10.8 Å². The molecule has 0 spiro atoms. The second-order valence-electron chi connectivity index (χ2n) is 3.52. The molecule has 0 fully saturated rings. The van der Waals surface area contributed by atoms with Crippen LogP contribution in [0.1, 0.15) is 0 Å². The minimum Gasteiger partial charge on any atom is -0.744 e. The molecule has 0 aliphatic heterocycles. The maximum atomic E-state index is 11.1. The molecule has 0 N–H and O–H groups in total. The molecule has 2 rings (SSSR count). The van der Waals surface area contributed by atoms with Gasteiger partial charge < -0.3 is 9.11 Å². The second kappa shape index (κ2) is 4.02. The summed E-state index contributed by atoms with van der Waals surface area (Å²) in [5.74, 6) is 0. The van der Waals surface area contributed by atoms with Gasteiger partial charge >= 0.3 is 0 Å². The molecule has 0 radical (unpaired) electrons. The van der Waals surface area contributed by atoms with E-state index >= 15 is 0 Å².